The first-order chi connectivity index (χ1) is 12.1. The van der Waals surface area contributed by atoms with Gasteiger partial charge < -0.3 is 15.1 Å². The fraction of sp³-hybridized carbons (Fsp3) is 0.737. The fourth-order valence-corrected chi connectivity index (χ4v) is 5.71. The number of rotatable bonds is 2. The molecule has 0 aromatic carbocycles. The van der Waals surface area contributed by atoms with Gasteiger partial charge in [0, 0.05) is 42.5 Å². The highest BCUT2D eigenvalue weighted by Gasteiger charge is 2.36. The zero-order valence-electron chi connectivity index (χ0n) is 14.7. The maximum Gasteiger partial charge on any atom is 0.255 e. The molecule has 2 saturated heterocycles. The molecule has 5 nitrogen and oxygen atoms in total. The Bertz CT molecular complexity index is 624. The molecular weight excluding hydrogens is 336 g/mol. The molecule has 0 radical (unpaired) electrons. The van der Waals surface area contributed by atoms with E-state index < -0.39 is 6.10 Å². The number of piperidine rings is 2. The van der Waals surface area contributed by atoms with Gasteiger partial charge in [0.1, 0.15) is 0 Å². The fourth-order valence-electron chi connectivity index (χ4n) is 4.59. The first-order valence-corrected chi connectivity index (χ1v) is 10.5. The van der Waals surface area contributed by atoms with Crippen molar-refractivity contribution in [2.75, 3.05) is 26.2 Å². The van der Waals surface area contributed by atoms with E-state index in [1.165, 1.54) is 23.3 Å². The number of nitrogens with zero attached hydrogens (tertiary/aromatic N) is 2. The molecule has 4 rings (SSSR count). The summed E-state index contributed by atoms with van der Waals surface area (Å²) in [7, 11) is 0. The van der Waals surface area contributed by atoms with E-state index in [0.29, 0.717) is 13.1 Å². The SMILES string of the molecule is O=C(c1csc2c1CCCC2)N1CC[C@@H](N2CCC(O)CC2)[C@H](O)C1. The standard InChI is InChI=1S/C19H28N2O3S/c22-13-5-8-20(9-6-13)16-7-10-21(11-17(16)23)19(24)15-12-25-18-4-2-1-3-14(15)18/h12-13,16-17,22-23H,1-11H2/t16-,17-/m1/s1. The Balaban J connectivity index is 1.40. The first-order valence-electron chi connectivity index (χ1n) is 9.62. The van der Waals surface area contributed by atoms with Gasteiger partial charge in [-0.15, -0.1) is 11.3 Å². The summed E-state index contributed by atoms with van der Waals surface area (Å²) in [5.41, 5.74) is 2.15. The molecule has 3 heterocycles. The second-order valence-corrected chi connectivity index (χ2v) is 8.66. The molecule has 1 aromatic heterocycles. The average Bonchev–Trinajstić information content (AvgIpc) is 3.06. The van der Waals surface area contributed by atoms with Crippen LogP contribution < -0.4 is 0 Å². The Morgan fingerprint density at radius 1 is 1.08 bits per heavy atom. The summed E-state index contributed by atoms with van der Waals surface area (Å²) < 4.78 is 0. The molecule has 0 bridgehead atoms. The van der Waals surface area contributed by atoms with Crippen LogP contribution in [0.4, 0.5) is 0 Å². The number of fused-ring (bicyclic) bond motifs is 1. The Morgan fingerprint density at radius 3 is 2.60 bits per heavy atom. The van der Waals surface area contributed by atoms with Crippen molar-refractivity contribution in [3.05, 3.63) is 21.4 Å². The zero-order valence-corrected chi connectivity index (χ0v) is 15.5. The van der Waals surface area contributed by atoms with Gasteiger partial charge in [-0.2, -0.15) is 0 Å². The van der Waals surface area contributed by atoms with Gasteiger partial charge in [0.15, 0.2) is 0 Å². The van der Waals surface area contributed by atoms with Crippen molar-refractivity contribution in [3.63, 3.8) is 0 Å². The number of amides is 1. The molecule has 3 aliphatic rings. The molecule has 2 fully saturated rings. The van der Waals surface area contributed by atoms with Crippen LogP contribution in [0, 0.1) is 0 Å². The van der Waals surface area contributed by atoms with Crippen molar-refractivity contribution in [2.24, 2.45) is 0 Å². The number of hydrogen-bond donors (Lipinski definition) is 2. The van der Waals surface area contributed by atoms with Crippen molar-refractivity contribution >= 4 is 17.2 Å². The van der Waals surface area contributed by atoms with Crippen LogP contribution in [0.15, 0.2) is 5.38 Å². The van der Waals surface area contributed by atoms with E-state index in [1.807, 2.05) is 10.3 Å². The predicted octanol–water partition coefficient (Wildman–Crippen LogP) is 1.66. The molecule has 0 spiro atoms. The van der Waals surface area contributed by atoms with Crippen molar-refractivity contribution in [1.29, 1.82) is 0 Å². The van der Waals surface area contributed by atoms with Crippen LogP contribution in [0.25, 0.3) is 0 Å². The van der Waals surface area contributed by atoms with Gasteiger partial charge >= 0.3 is 0 Å². The van der Waals surface area contributed by atoms with E-state index in [9.17, 15) is 15.0 Å². The zero-order chi connectivity index (χ0) is 17.4. The predicted molar refractivity (Wildman–Crippen MR) is 98.1 cm³/mol. The summed E-state index contributed by atoms with van der Waals surface area (Å²) in [5.74, 6) is 0.103. The van der Waals surface area contributed by atoms with Crippen LogP contribution in [0.2, 0.25) is 0 Å². The van der Waals surface area contributed by atoms with Crippen molar-refractivity contribution in [1.82, 2.24) is 9.80 Å². The maximum atomic E-state index is 13.0. The number of thiophene rings is 1. The lowest BCUT2D eigenvalue weighted by Crippen LogP contribution is -2.57. The summed E-state index contributed by atoms with van der Waals surface area (Å²) in [5, 5.41) is 22.3. The van der Waals surface area contributed by atoms with E-state index in [0.717, 1.165) is 50.8 Å². The lowest BCUT2D eigenvalue weighted by Gasteiger charge is -2.43. The average molecular weight is 365 g/mol. The highest BCUT2D eigenvalue weighted by atomic mass is 32.1. The lowest BCUT2D eigenvalue weighted by molar-refractivity contribution is -0.0291. The largest absolute Gasteiger partial charge is 0.393 e. The number of carbonyl (C=O) groups is 1. The summed E-state index contributed by atoms with van der Waals surface area (Å²) in [4.78, 5) is 18.5. The van der Waals surface area contributed by atoms with Crippen LogP contribution in [0.5, 0.6) is 0 Å². The number of aryl methyl sites for hydroxylation is 1. The minimum absolute atomic E-state index is 0.103. The maximum absolute atomic E-state index is 13.0. The molecule has 6 heteroatoms. The molecular formula is C19H28N2O3S. The van der Waals surface area contributed by atoms with Gasteiger partial charge in [0.25, 0.3) is 5.91 Å². The van der Waals surface area contributed by atoms with E-state index in [-0.39, 0.29) is 18.1 Å². The molecule has 25 heavy (non-hydrogen) atoms. The lowest BCUT2D eigenvalue weighted by atomic mass is 9.93. The van der Waals surface area contributed by atoms with E-state index >= 15 is 0 Å². The quantitative estimate of drug-likeness (QED) is 0.838. The minimum atomic E-state index is -0.498. The number of hydrogen-bond acceptors (Lipinski definition) is 5. The molecule has 138 valence electrons. The number of β-amino-alcohol motifs (C(OH)–C–C–N with tert-alkyl or cyclic N) is 1. The molecule has 1 aliphatic carbocycles. The normalized spacial score (nSPS) is 28.8. The third-order valence-corrected chi connectivity index (χ3v) is 7.18. The number of aliphatic hydroxyl groups excluding tert-OH is 2. The molecule has 2 aliphatic heterocycles. The monoisotopic (exact) mass is 364 g/mol. The van der Waals surface area contributed by atoms with Crippen LogP contribution in [-0.2, 0) is 12.8 Å². The van der Waals surface area contributed by atoms with Gasteiger partial charge in [0.2, 0.25) is 0 Å². The highest BCUT2D eigenvalue weighted by Crippen LogP contribution is 2.32. The van der Waals surface area contributed by atoms with Crippen LogP contribution in [-0.4, -0.2) is 70.3 Å². The molecule has 1 aromatic rings. The van der Waals surface area contributed by atoms with Gasteiger partial charge in [-0.3, -0.25) is 9.69 Å². The van der Waals surface area contributed by atoms with Gasteiger partial charge in [-0.25, -0.2) is 0 Å². The van der Waals surface area contributed by atoms with Gasteiger partial charge in [0.05, 0.1) is 17.8 Å². The van der Waals surface area contributed by atoms with E-state index in [2.05, 4.69) is 4.90 Å². The second-order valence-electron chi connectivity index (χ2n) is 7.70. The first kappa shape index (κ1) is 17.5. The molecule has 2 N–H and O–H groups in total. The molecule has 0 unspecified atom stereocenters. The number of aliphatic hydroxyl groups is 2. The summed E-state index contributed by atoms with van der Waals surface area (Å²) >= 11 is 1.73. The molecule has 1 amide bonds. The summed E-state index contributed by atoms with van der Waals surface area (Å²) in [6, 6.07) is 0.118. The third kappa shape index (κ3) is 3.50. The summed E-state index contributed by atoms with van der Waals surface area (Å²) in [6.45, 7) is 2.82. The van der Waals surface area contributed by atoms with Crippen molar-refractivity contribution < 1.29 is 15.0 Å². The molecule has 0 saturated carbocycles. The topological polar surface area (TPSA) is 64.0 Å². The smallest absolute Gasteiger partial charge is 0.255 e. The molecule has 2 atom stereocenters. The summed E-state index contributed by atoms with van der Waals surface area (Å²) in [6.07, 6.45) is 6.23. The van der Waals surface area contributed by atoms with E-state index in [4.69, 9.17) is 0 Å². The third-order valence-electron chi connectivity index (χ3n) is 6.09. The van der Waals surface area contributed by atoms with Crippen LogP contribution >= 0.6 is 11.3 Å². The van der Waals surface area contributed by atoms with Gasteiger partial charge in [-0.05, 0) is 50.5 Å². The van der Waals surface area contributed by atoms with E-state index in [1.54, 1.807) is 11.3 Å². The Kier molecular flexibility index (Phi) is 5.13. The Hall–Kier alpha value is -0.950. The van der Waals surface area contributed by atoms with Crippen LogP contribution in [0.3, 0.4) is 0 Å². The number of carbonyl (C=O) groups excluding carboxylic acids is 1. The van der Waals surface area contributed by atoms with Crippen molar-refractivity contribution in [3.8, 4) is 0 Å². The highest BCUT2D eigenvalue weighted by molar-refractivity contribution is 7.10. The number of likely N-dealkylation sites (tertiary alicyclic amines) is 2. The Labute approximate surface area is 153 Å². The Morgan fingerprint density at radius 2 is 1.84 bits per heavy atom. The van der Waals surface area contributed by atoms with Crippen molar-refractivity contribution in [2.45, 2.75) is 63.2 Å². The van der Waals surface area contributed by atoms with Crippen LogP contribution in [0.1, 0.15) is 52.9 Å². The second kappa shape index (κ2) is 7.35. The minimum Gasteiger partial charge on any atom is -0.393 e. The van der Waals surface area contributed by atoms with Gasteiger partial charge in [-0.1, -0.05) is 0 Å².